The zero-order valence-corrected chi connectivity index (χ0v) is 8.54. The summed E-state index contributed by atoms with van der Waals surface area (Å²) in [6, 6.07) is 17.1. The molecule has 0 fully saturated rings. The van der Waals surface area contributed by atoms with Gasteiger partial charge in [0.2, 0.25) is 0 Å². The molecule has 1 aliphatic rings. The smallest absolute Gasteiger partial charge is 0.402 e. The van der Waals surface area contributed by atoms with Crippen molar-refractivity contribution in [2.45, 2.75) is 0 Å². The van der Waals surface area contributed by atoms with E-state index in [0.29, 0.717) is 0 Å². The molecule has 0 heterocycles. The van der Waals surface area contributed by atoms with Gasteiger partial charge in [-0.3, -0.25) is 0 Å². The van der Waals surface area contributed by atoms with E-state index in [4.69, 9.17) is 15.1 Å². The van der Waals surface area contributed by atoms with E-state index in [1.54, 1.807) is 0 Å². The van der Waals surface area contributed by atoms with Gasteiger partial charge < -0.3 is 15.1 Å². The molecule has 0 radical (unpaired) electrons. The van der Waals surface area contributed by atoms with Crippen LogP contribution in [-0.2, 0) is 0 Å². The molecule has 0 saturated carbocycles. The average Bonchev–Trinajstić information content (AvgIpc) is 2.25. The van der Waals surface area contributed by atoms with Crippen LogP contribution in [0.3, 0.4) is 0 Å². The van der Waals surface area contributed by atoms with Crippen molar-refractivity contribution in [1.82, 2.24) is 0 Å². The van der Waals surface area contributed by atoms with Gasteiger partial charge in [0, 0.05) is 0 Å². The molecule has 0 aliphatic heterocycles. The minimum Gasteiger partial charge on any atom is -0.402 e. The number of fused-ring (bicyclic) bond motifs is 4. The van der Waals surface area contributed by atoms with Crippen molar-refractivity contribution < 1.29 is 15.1 Å². The van der Waals surface area contributed by atoms with Crippen LogP contribution in [0.4, 0.5) is 0 Å². The molecule has 0 atom stereocenters. The fraction of sp³-hybridized carbons (Fsp3) is 0. The first-order chi connectivity index (χ1) is 7.70. The van der Waals surface area contributed by atoms with Gasteiger partial charge in [-0.2, -0.15) is 0 Å². The highest BCUT2D eigenvalue weighted by atomic mass is 16.5. The first-order valence-corrected chi connectivity index (χ1v) is 4.93. The minimum atomic E-state index is -2.17. The van der Waals surface area contributed by atoms with Crippen LogP contribution in [0.25, 0.3) is 22.3 Å². The Morgan fingerprint density at radius 1 is 0.562 bits per heavy atom. The van der Waals surface area contributed by atoms with Crippen LogP contribution in [-0.4, -0.2) is 22.4 Å². The molecule has 4 heteroatoms. The van der Waals surface area contributed by atoms with Gasteiger partial charge in [-0.05, 0) is 22.3 Å². The fourth-order valence-electron chi connectivity index (χ4n) is 1.84. The molecule has 3 rings (SSSR count). The summed E-state index contributed by atoms with van der Waals surface area (Å²) < 4.78 is 0. The molecule has 0 aromatic heterocycles. The highest BCUT2D eigenvalue weighted by Crippen LogP contribution is 2.46. The Labute approximate surface area is 93.8 Å². The molecule has 1 aliphatic carbocycles. The normalized spacial score (nSPS) is 10.2. The van der Waals surface area contributed by atoms with E-state index in [2.05, 4.69) is 48.5 Å². The molecule has 3 N–H and O–H groups in total. The van der Waals surface area contributed by atoms with E-state index in [1.165, 1.54) is 22.3 Å². The second-order valence-electron chi connectivity index (χ2n) is 3.44. The Morgan fingerprint density at radius 2 is 0.750 bits per heavy atom. The monoisotopic (exact) mass is 214 g/mol. The Morgan fingerprint density at radius 3 is 0.938 bits per heavy atom. The Bertz CT molecular complexity index is 394. The summed E-state index contributed by atoms with van der Waals surface area (Å²) in [5.74, 6) is 0. The van der Waals surface area contributed by atoms with Crippen LogP contribution in [0, 0.1) is 0 Å². The first-order valence-electron chi connectivity index (χ1n) is 4.93. The molecule has 0 amide bonds. The number of benzene rings is 2. The van der Waals surface area contributed by atoms with Crippen LogP contribution >= 0.6 is 0 Å². The van der Waals surface area contributed by atoms with Crippen molar-refractivity contribution in [1.29, 1.82) is 0 Å². The molecule has 80 valence electrons. The zero-order valence-electron chi connectivity index (χ0n) is 8.54. The highest BCUT2D eigenvalue weighted by Gasteiger charge is 2.19. The lowest BCUT2D eigenvalue weighted by Crippen LogP contribution is -2.07. The van der Waals surface area contributed by atoms with Crippen LogP contribution < -0.4 is 0 Å². The maximum Gasteiger partial charge on any atom is 0.631 e. The van der Waals surface area contributed by atoms with Gasteiger partial charge >= 0.3 is 7.32 Å². The predicted molar refractivity (Wildman–Crippen MR) is 63.3 cm³/mol. The molecule has 2 aromatic rings. The summed E-state index contributed by atoms with van der Waals surface area (Å²) in [4.78, 5) is 0. The maximum atomic E-state index is 7.17. The molecular weight excluding hydrogens is 203 g/mol. The van der Waals surface area contributed by atoms with Crippen molar-refractivity contribution in [3.63, 3.8) is 0 Å². The molecule has 0 bridgehead atoms. The van der Waals surface area contributed by atoms with Crippen LogP contribution in [0.5, 0.6) is 0 Å². The van der Waals surface area contributed by atoms with E-state index in [1.807, 2.05) is 0 Å². The van der Waals surface area contributed by atoms with Gasteiger partial charge in [0.1, 0.15) is 0 Å². The Balaban J connectivity index is 0.000000212. The summed E-state index contributed by atoms with van der Waals surface area (Å²) in [5.41, 5.74) is 5.59. The average molecular weight is 214 g/mol. The lowest BCUT2D eigenvalue weighted by Gasteiger charge is -2.22. The summed E-state index contributed by atoms with van der Waals surface area (Å²) in [6.07, 6.45) is 0. The first kappa shape index (κ1) is 10.9. The summed E-state index contributed by atoms with van der Waals surface area (Å²) >= 11 is 0. The summed E-state index contributed by atoms with van der Waals surface area (Å²) in [7, 11) is -2.17. The molecule has 0 spiro atoms. The number of hydrogen-bond acceptors (Lipinski definition) is 3. The zero-order chi connectivity index (χ0) is 11.5. The minimum absolute atomic E-state index is 1.40. The second kappa shape index (κ2) is 4.49. The van der Waals surface area contributed by atoms with Crippen molar-refractivity contribution >= 4 is 7.32 Å². The van der Waals surface area contributed by atoms with Gasteiger partial charge in [-0.1, -0.05) is 48.5 Å². The maximum absolute atomic E-state index is 7.17. The van der Waals surface area contributed by atoms with Crippen molar-refractivity contribution in [2.75, 3.05) is 0 Å². The topological polar surface area (TPSA) is 60.7 Å². The quantitative estimate of drug-likeness (QED) is 0.494. The second-order valence-corrected chi connectivity index (χ2v) is 3.44. The van der Waals surface area contributed by atoms with E-state index in [9.17, 15) is 0 Å². The molecule has 0 saturated heterocycles. The largest absolute Gasteiger partial charge is 0.631 e. The Hall–Kier alpha value is -1.62. The lowest BCUT2D eigenvalue weighted by molar-refractivity contribution is 0.278. The van der Waals surface area contributed by atoms with Gasteiger partial charge in [0.05, 0.1) is 0 Å². The van der Waals surface area contributed by atoms with Crippen LogP contribution in [0.15, 0.2) is 48.5 Å². The standard InChI is InChI=1S/C12H8.BH3O3/c1-2-6-10-9(5-1)11-7-3-4-8-12(10)11;2-1(3)4/h1-8H;2-4H. The highest BCUT2D eigenvalue weighted by molar-refractivity contribution is 6.30. The Kier molecular flexibility index (Phi) is 3.06. The molecule has 2 aromatic carbocycles. The fourth-order valence-corrected chi connectivity index (χ4v) is 1.84. The third-order valence-corrected chi connectivity index (χ3v) is 2.43. The molecule has 0 unspecified atom stereocenters. The van der Waals surface area contributed by atoms with Crippen LogP contribution in [0.2, 0.25) is 0 Å². The number of hydrogen-bond donors (Lipinski definition) is 3. The SMILES string of the molecule is OB(O)O.c1ccc2c(c1)-c1ccccc1-2. The molecule has 16 heavy (non-hydrogen) atoms. The van der Waals surface area contributed by atoms with Gasteiger partial charge in [-0.15, -0.1) is 0 Å². The molecule has 3 nitrogen and oxygen atoms in total. The predicted octanol–water partition coefficient (Wildman–Crippen LogP) is 1.28. The van der Waals surface area contributed by atoms with Gasteiger partial charge in [-0.25, -0.2) is 0 Å². The number of rotatable bonds is 0. The van der Waals surface area contributed by atoms with Crippen LogP contribution in [0.1, 0.15) is 0 Å². The van der Waals surface area contributed by atoms with E-state index in [-0.39, 0.29) is 0 Å². The van der Waals surface area contributed by atoms with E-state index < -0.39 is 7.32 Å². The third kappa shape index (κ3) is 1.99. The third-order valence-electron chi connectivity index (χ3n) is 2.43. The van der Waals surface area contributed by atoms with Gasteiger partial charge in [0.25, 0.3) is 0 Å². The molecular formula is C12H11BO3. The summed E-state index contributed by atoms with van der Waals surface area (Å²) in [6.45, 7) is 0. The van der Waals surface area contributed by atoms with Crippen molar-refractivity contribution in [3.8, 4) is 22.3 Å². The lowest BCUT2D eigenvalue weighted by atomic mass is 9.81. The van der Waals surface area contributed by atoms with Crippen molar-refractivity contribution in [2.24, 2.45) is 0 Å². The van der Waals surface area contributed by atoms with E-state index in [0.717, 1.165) is 0 Å². The van der Waals surface area contributed by atoms with Gasteiger partial charge in [0.15, 0.2) is 0 Å². The van der Waals surface area contributed by atoms with E-state index >= 15 is 0 Å². The summed E-state index contributed by atoms with van der Waals surface area (Å²) in [5, 5.41) is 21.5. The van der Waals surface area contributed by atoms with Crippen molar-refractivity contribution in [3.05, 3.63) is 48.5 Å².